The van der Waals surface area contributed by atoms with Gasteiger partial charge in [-0.05, 0) is 78.4 Å². The maximum atomic E-state index is 13.9. The van der Waals surface area contributed by atoms with E-state index in [0.717, 1.165) is 29.8 Å². The average Bonchev–Trinajstić information content (AvgIpc) is 3.66. The third-order valence-corrected chi connectivity index (χ3v) is 11.0. The number of ketones is 1. The molecule has 0 bridgehead atoms. The number of benzene rings is 3. The molecule has 3 aromatic carbocycles. The fourth-order valence-corrected chi connectivity index (χ4v) is 7.76. The van der Waals surface area contributed by atoms with Gasteiger partial charge in [0.05, 0.1) is 28.9 Å². The Balaban J connectivity index is 1.43. The number of aromatic nitrogens is 2. The number of nitrogens with zero attached hydrogens (tertiary/aromatic N) is 2. The second kappa shape index (κ2) is 12.6. The third-order valence-electron chi connectivity index (χ3n) is 7.63. The molecule has 1 saturated carbocycles. The predicted octanol–water partition coefficient (Wildman–Crippen LogP) is 8.09. The largest absolute Gasteiger partial charge is 0.495 e. The summed E-state index contributed by atoms with van der Waals surface area (Å²) in [6.45, 7) is 4.12. The van der Waals surface area contributed by atoms with Gasteiger partial charge < -0.3 is 4.74 Å². The molecular weight excluding hydrogens is 630 g/mol. The molecule has 0 saturated heterocycles. The van der Waals surface area contributed by atoms with Crippen molar-refractivity contribution in [1.29, 1.82) is 0 Å². The molecule has 6 nitrogen and oxygen atoms in total. The van der Waals surface area contributed by atoms with Crippen LogP contribution in [-0.2, 0) is 25.8 Å². The van der Waals surface area contributed by atoms with Crippen LogP contribution in [0.4, 0.5) is 4.39 Å². The third kappa shape index (κ3) is 7.11. The molecule has 4 aromatic rings. The highest BCUT2D eigenvalue weighted by Gasteiger charge is 2.31. The Bertz CT molecular complexity index is 1770. The summed E-state index contributed by atoms with van der Waals surface area (Å²) < 4.78 is 47.0. The van der Waals surface area contributed by atoms with Crippen molar-refractivity contribution in [2.75, 3.05) is 12.9 Å². The van der Waals surface area contributed by atoms with Gasteiger partial charge in [-0.15, -0.1) is 0 Å². The van der Waals surface area contributed by atoms with Crippen molar-refractivity contribution >= 4 is 50.6 Å². The van der Waals surface area contributed by atoms with Crippen molar-refractivity contribution in [3.63, 3.8) is 0 Å². The summed E-state index contributed by atoms with van der Waals surface area (Å²) in [6, 6.07) is 16.4. The number of thioether (sulfide) groups is 1. The van der Waals surface area contributed by atoms with E-state index < -0.39 is 21.0 Å². The van der Waals surface area contributed by atoms with E-state index in [4.69, 9.17) is 32.9 Å². The lowest BCUT2D eigenvalue weighted by atomic mass is 9.81. The summed E-state index contributed by atoms with van der Waals surface area (Å²) in [6.07, 6.45) is 4.08. The van der Waals surface area contributed by atoms with Crippen molar-refractivity contribution in [3.8, 4) is 11.4 Å². The molecule has 0 amide bonds. The van der Waals surface area contributed by atoms with Crippen LogP contribution in [0.3, 0.4) is 0 Å². The van der Waals surface area contributed by atoms with Crippen LogP contribution in [0.2, 0.25) is 10.0 Å². The highest BCUT2D eigenvalue weighted by Crippen LogP contribution is 2.40. The maximum absolute atomic E-state index is 13.9. The molecule has 0 atom stereocenters. The van der Waals surface area contributed by atoms with Gasteiger partial charge >= 0.3 is 0 Å². The van der Waals surface area contributed by atoms with Crippen molar-refractivity contribution in [3.05, 3.63) is 99.5 Å². The Labute approximate surface area is 265 Å². The molecule has 1 aromatic heterocycles. The number of halogens is 3. The molecule has 0 aliphatic heterocycles. The molecule has 43 heavy (non-hydrogen) atoms. The van der Waals surface area contributed by atoms with E-state index in [1.54, 1.807) is 37.6 Å². The van der Waals surface area contributed by atoms with Crippen LogP contribution in [0.5, 0.6) is 5.75 Å². The average molecular weight is 662 g/mol. The number of sulfone groups is 1. The standard InChI is InChI=1S/C32H31Cl2FN2O4S2/c1-32(2,22-7-13-27(33)29(15-22)41-3)30-17-36-31(37(30)24-10-8-23(35)9-11-24)42-18-21-6-12-26(16-28(21)34)43(39,40)19-25(38)14-20-4-5-20/h6-13,15-17,20H,4-5,14,18-19H2,1-3H3. The Morgan fingerprint density at radius 1 is 1.07 bits per heavy atom. The first kappa shape index (κ1) is 31.6. The zero-order valence-corrected chi connectivity index (χ0v) is 27.1. The van der Waals surface area contributed by atoms with E-state index in [9.17, 15) is 17.6 Å². The molecule has 1 aliphatic carbocycles. The number of methoxy groups -OCH3 is 1. The van der Waals surface area contributed by atoms with Crippen LogP contribution in [0.25, 0.3) is 5.69 Å². The lowest BCUT2D eigenvalue weighted by Crippen LogP contribution is -2.23. The molecule has 0 unspecified atom stereocenters. The quantitative estimate of drug-likeness (QED) is 0.143. The van der Waals surface area contributed by atoms with Crippen molar-refractivity contribution in [2.24, 2.45) is 5.92 Å². The summed E-state index contributed by atoms with van der Waals surface area (Å²) in [4.78, 5) is 17.0. The molecule has 1 heterocycles. The number of imidazole rings is 1. The van der Waals surface area contributed by atoms with Crippen LogP contribution in [0.1, 0.15) is 49.9 Å². The summed E-state index contributed by atoms with van der Waals surface area (Å²) in [5, 5.41) is 1.44. The minimum absolute atomic E-state index is 0.0330. The summed E-state index contributed by atoms with van der Waals surface area (Å²) >= 11 is 14.3. The highest BCUT2D eigenvalue weighted by molar-refractivity contribution is 7.98. The lowest BCUT2D eigenvalue weighted by molar-refractivity contribution is -0.117. The SMILES string of the molecule is COc1cc(C(C)(C)c2cnc(SCc3ccc(S(=O)(=O)CC(=O)CC4CC4)cc3Cl)n2-c2ccc(F)cc2)ccc1Cl. The van der Waals surface area contributed by atoms with Crippen LogP contribution in [0, 0.1) is 11.7 Å². The van der Waals surface area contributed by atoms with Gasteiger partial charge in [0.25, 0.3) is 0 Å². The van der Waals surface area contributed by atoms with Gasteiger partial charge in [0.2, 0.25) is 0 Å². The number of ether oxygens (including phenoxy) is 1. The minimum Gasteiger partial charge on any atom is -0.495 e. The van der Waals surface area contributed by atoms with E-state index in [2.05, 4.69) is 13.8 Å². The zero-order chi connectivity index (χ0) is 30.9. The van der Waals surface area contributed by atoms with Gasteiger partial charge in [-0.1, -0.05) is 60.9 Å². The topological polar surface area (TPSA) is 78.3 Å². The van der Waals surface area contributed by atoms with Gasteiger partial charge in [-0.2, -0.15) is 0 Å². The van der Waals surface area contributed by atoms with E-state index in [0.29, 0.717) is 39.6 Å². The summed E-state index contributed by atoms with van der Waals surface area (Å²) in [5.41, 5.74) is 2.70. The number of Topliss-reactive ketones (excluding diaryl/α,β-unsaturated/α-hetero) is 1. The normalized spacial score (nSPS) is 13.7. The monoisotopic (exact) mass is 660 g/mol. The molecule has 1 aliphatic rings. The molecule has 0 spiro atoms. The number of hydrogen-bond acceptors (Lipinski definition) is 6. The number of carbonyl (C=O) groups is 1. The minimum atomic E-state index is -3.78. The Morgan fingerprint density at radius 2 is 1.79 bits per heavy atom. The summed E-state index contributed by atoms with van der Waals surface area (Å²) in [5.74, 6) is 0.155. The van der Waals surface area contributed by atoms with Gasteiger partial charge in [-0.25, -0.2) is 17.8 Å². The van der Waals surface area contributed by atoms with Crippen LogP contribution in [0.15, 0.2) is 76.9 Å². The van der Waals surface area contributed by atoms with Crippen molar-refractivity contribution in [2.45, 2.75) is 54.3 Å². The molecule has 0 radical (unpaired) electrons. The van der Waals surface area contributed by atoms with Gasteiger partial charge in [-0.3, -0.25) is 9.36 Å². The smallest absolute Gasteiger partial charge is 0.185 e. The Morgan fingerprint density at radius 3 is 2.44 bits per heavy atom. The second-order valence-electron chi connectivity index (χ2n) is 11.2. The van der Waals surface area contributed by atoms with E-state index in [1.807, 2.05) is 16.7 Å². The summed E-state index contributed by atoms with van der Waals surface area (Å²) in [7, 11) is -2.22. The molecule has 1 fully saturated rings. The first-order chi connectivity index (χ1) is 20.4. The Kier molecular flexibility index (Phi) is 9.28. The van der Waals surface area contributed by atoms with Crippen LogP contribution >= 0.6 is 35.0 Å². The van der Waals surface area contributed by atoms with Gasteiger partial charge in [0.15, 0.2) is 15.0 Å². The van der Waals surface area contributed by atoms with Crippen LogP contribution in [-0.4, -0.2) is 36.6 Å². The van der Waals surface area contributed by atoms with Gasteiger partial charge in [0, 0.05) is 28.3 Å². The fourth-order valence-electron chi connectivity index (χ4n) is 4.89. The molecular formula is C32H31Cl2FN2O4S2. The zero-order valence-electron chi connectivity index (χ0n) is 23.9. The van der Waals surface area contributed by atoms with Crippen molar-refractivity contribution < 1.29 is 22.3 Å². The first-order valence-corrected chi connectivity index (χ1v) is 17.1. The van der Waals surface area contributed by atoms with Crippen LogP contribution < -0.4 is 4.74 Å². The predicted molar refractivity (Wildman–Crippen MR) is 169 cm³/mol. The van der Waals surface area contributed by atoms with Crippen molar-refractivity contribution in [1.82, 2.24) is 9.55 Å². The number of hydrogen-bond donors (Lipinski definition) is 0. The number of carbonyl (C=O) groups excluding carboxylic acids is 1. The lowest BCUT2D eigenvalue weighted by Gasteiger charge is -2.28. The molecule has 5 rings (SSSR count). The number of rotatable bonds is 12. The van der Waals surface area contributed by atoms with E-state index in [1.165, 1.54) is 36.0 Å². The molecule has 11 heteroatoms. The Hall–Kier alpha value is -2.85. The fraction of sp³-hybridized carbons (Fsp3) is 0.312. The molecule has 226 valence electrons. The van der Waals surface area contributed by atoms with E-state index >= 15 is 0 Å². The van der Waals surface area contributed by atoms with Gasteiger partial charge in [0.1, 0.15) is 23.1 Å². The highest BCUT2D eigenvalue weighted by atomic mass is 35.5. The first-order valence-electron chi connectivity index (χ1n) is 13.7. The second-order valence-corrected chi connectivity index (χ2v) is 14.9. The maximum Gasteiger partial charge on any atom is 0.185 e. The molecule has 0 N–H and O–H groups in total. The van der Waals surface area contributed by atoms with E-state index in [-0.39, 0.29) is 21.5 Å².